The van der Waals surface area contributed by atoms with Crippen molar-refractivity contribution in [2.24, 2.45) is 5.92 Å². The molecular weight excluding hydrogens is 304 g/mol. The first kappa shape index (κ1) is 14.4. The van der Waals surface area contributed by atoms with E-state index < -0.39 is 0 Å². The molecule has 1 aliphatic rings. The van der Waals surface area contributed by atoms with Crippen LogP contribution in [0.25, 0.3) is 0 Å². The molecule has 3 nitrogen and oxygen atoms in total. The fourth-order valence-electron chi connectivity index (χ4n) is 2.34. The minimum atomic E-state index is -0.0201. The fraction of sp³-hybridized carbons (Fsp3) is 0.533. The summed E-state index contributed by atoms with van der Waals surface area (Å²) in [5, 5.41) is 4.35. The number of hydrogen-bond acceptors (Lipinski definition) is 2. The first-order valence-corrected chi connectivity index (χ1v) is 7.76. The van der Waals surface area contributed by atoms with Crippen LogP contribution in [0.2, 0.25) is 0 Å². The molecule has 1 aliphatic heterocycles. The summed E-state index contributed by atoms with van der Waals surface area (Å²) in [7, 11) is 0. The number of alkyl halides is 1. The van der Waals surface area contributed by atoms with Gasteiger partial charge in [-0.3, -0.25) is 4.79 Å². The molecule has 0 spiro atoms. The number of anilines is 2. The van der Waals surface area contributed by atoms with Crippen molar-refractivity contribution in [2.75, 3.05) is 22.1 Å². The highest BCUT2D eigenvalue weighted by Gasteiger charge is 2.31. The third-order valence-corrected chi connectivity index (χ3v) is 4.04. The van der Waals surface area contributed by atoms with Gasteiger partial charge in [-0.05, 0) is 38.8 Å². The molecule has 0 aliphatic carbocycles. The Balaban J connectivity index is 2.27. The number of carbonyl (C=O) groups excluding carboxylic acids is 1. The number of nitrogens with zero attached hydrogens (tertiary/aromatic N) is 1. The zero-order valence-corrected chi connectivity index (χ0v) is 13.3. The van der Waals surface area contributed by atoms with Crippen LogP contribution in [-0.2, 0) is 4.79 Å². The predicted octanol–water partition coefficient (Wildman–Crippen LogP) is 3.64. The van der Waals surface area contributed by atoms with Gasteiger partial charge in [-0.2, -0.15) is 0 Å². The van der Waals surface area contributed by atoms with Gasteiger partial charge in [-0.15, -0.1) is 0 Å². The van der Waals surface area contributed by atoms with Crippen LogP contribution >= 0.6 is 15.9 Å². The number of nitrogens with one attached hydrogen (secondary N) is 1. The molecule has 2 rings (SSSR count). The fourth-order valence-corrected chi connectivity index (χ4v) is 2.77. The number of hydrogen-bond donors (Lipinski definition) is 1. The molecule has 1 unspecified atom stereocenters. The summed E-state index contributed by atoms with van der Waals surface area (Å²) in [4.78, 5) is 14.0. The molecule has 104 valence electrons. The summed E-state index contributed by atoms with van der Waals surface area (Å²) in [6.07, 6.45) is 0.634. The van der Waals surface area contributed by atoms with Gasteiger partial charge in [0.25, 0.3) is 0 Å². The largest absolute Gasteiger partial charge is 0.379 e. The number of carbonyl (C=O) groups is 1. The Bertz CT molecular complexity index is 467. The van der Waals surface area contributed by atoms with Crippen molar-refractivity contribution in [3.05, 3.63) is 24.3 Å². The topological polar surface area (TPSA) is 32.3 Å². The highest BCUT2D eigenvalue weighted by molar-refractivity contribution is 9.09. The lowest BCUT2D eigenvalue weighted by Crippen LogP contribution is -2.30. The van der Waals surface area contributed by atoms with Crippen LogP contribution < -0.4 is 10.2 Å². The summed E-state index contributed by atoms with van der Waals surface area (Å²) in [6.45, 7) is 7.16. The molecule has 19 heavy (non-hydrogen) atoms. The van der Waals surface area contributed by atoms with Crippen LogP contribution in [0.5, 0.6) is 0 Å². The van der Waals surface area contributed by atoms with Crippen molar-refractivity contribution in [3.8, 4) is 0 Å². The Morgan fingerprint density at radius 1 is 1.37 bits per heavy atom. The maximum atomic E-state index is 12.1. The highest BCUT2D eigenvalue weighted by atomic mass is 79.9. The van der Waals surface area contributed by atoms with Crippen molar-refractivity contribution in [3.63, 3.8) is 0 Å². The molecule has 0 saturated carbocycles. The maximum Gasteiger partial charge on any atom is 0.227 e. The Morgan fingerprint density at radius 2 is 2.05 bits per heavy atom. The van der Waals surface area contributed by atoms with Crippen molar-refractivity contribution in [2.45, 2.75) is 32.7 Å². The van der Waals surface area contributed by atoms with E-state index in [1.165, 1.54) is 0 Å². The van der Waals surface area contributed by atoms with E-state index in [0.717, 1.165) is 23.2 Å². The van der Waals surface area contributed by atoms with Gasteiger partial charge in [0.1, 0.15) is 0 Å². The number of halogens is 1. The molecule has 1 amide bonds. The minimum absolute atomic E-state index is 0.0201. The van der Waals surface area contributed by atoms with E-state index in [0.29, 0.717) is 12.3 Å². The van der Waals surface area contributed by atoms with Crippen LogP contribution in [-0.4, -0.2) is 23.3 Å². The van der Waals surface area contributed by atoms with Crippen LogP contribution in [0.1, 0.15) is 27.2 Å². The second-order valence-corrected chi connectivity index (χ2v) is 6.77. The lowest BCUT2D eigenvalue weighted by Gasteiger charge is -2.27. The average molecular weight is 325 g/mol. The normalized spacial score (nSPS) is 19.9. The van der Waals surface area contributed by atoms with Gasteiger partial charge in [0.2, 0.25) is 5.91 Å². The molecule has 1 aromatic carbocycles. The summed E-state index contributed by atoms with van der Waals surface area (Å²) in [5.74, 6) is 0.628. The summed E-state index contributed by atoms with van der Waals surface area (Å²) in [5.41, 5.74) is 2.00. The average Bonchev–Trinajstić information content (AvgIpc) is 2.69. The van der Waals surface area contributed by atoms with Gasteiger partial charge >= 0.3 is 0 Å². The third-order valence-electron chi connectivity index (χ3n) is 3.13. The maximum absolute atomic E-state index is 12.1. The SMILES string of the molecule is CC(C)(C)Nc1ccccc1N1CC(CBr)CC1=O. The first-order chi connectivity index (χ1) is 8.90. The van der Waals surface area contributed by atoms with E-state index in [9.17, 15) is 4.79 Å². The highest BCUT2D eigenvalue weighted by Crippen LogP contribution is 2.33. The van der Waals surface area contributed by atoms with Gasteiger partial charge in [-0.1, -0.05) is 28.1 Å². The standard InChI is InChI=1S/C15H21BrN2O/c1-15(2,3)17-12-6-4-5-7-13(12)18-10-11(9-16)8-14(18)19/h4-7,11,17H,8-10H2,1-3H3. The second-order valence-electron chi connectivity index (χ2n) is 6.12. The van der Waals surface area contributed by atoms with E-state index in [2.05, 4.69) is 42.0 Å². The minimum Gasteiger partial charge on any atom is -0.379 e. The van der Waals surface area contributed by atoms with E-state index in [4.69, 9.17) is 0 Å². The lowest BCUT2D eigenvalue weighted by molar-refractivity contribution is -0.117. The Morgan fingerprint density at radius 3 is 2.63 bits per heavy atom. The van der Waals surface area contributed by atoms with Gasteiger partial charge in [0.15, 0.2) is 0 Å². The number of para-hydroxylation sites is 2. The third kappa shape index (κ3) is 3.50. The molecule has 1 N–H and O–H groups in total. The molecule has 4 heteroatoms. The Hall–Kier alpha value is -1.03. The van der Waals surface area contributed by atoms with Gasteiger partial charge < -0.3 is 10.2 Å². The van der Waals surface area contributed by atoms with Crippen molar-refractivity contribution < 1.29 is 4.79 Å². The van der Waals surface area contributed by atoms with E-state index >= 15 is 0 Å². The lowest BCUT2D eigenvalue weighted by atomic mass is 10.1. The second kappa shape index (κ2) is 5.53. The van der Waals surface area contributed by atoms with Crippen LogP contribution in [0.15, 0.2) is 24.3 Å². The molecule has 0 aromatic heterocycles. The molecule has 0 bridgehead atoms. The summed E-state index contributed by atoms with van der Waals surface area (Å²) in [6, 6.07) is 8.04. The quantitative estimate of drug-likeness (QED) is 0.861. The van der Waals surface area contributed by atoms with E-state index in [1.807, 2.05) is 29.2 Å². The van der Waals surface area contributed by atoms with Crippen LogP contribution in [0, 0.1) is 5.92 Å². The molecule has 0 radical (unpaired) electrons. The van der Waals surface area contributed by atoms with Crippen molar-refractivity contribution >= 4 is 33.2 Å². The van der Waals surface area contributed by atoms with Crippen LogP contribution in [0.4, 0.5) is 11.4 Å². The summed E-state index contributed by atoms with van der Waals surface area (Å²) >= 11 is 3.48. The number of rotatable bonds is 3. The van der Waals surface area contributed by atoms with Gasteiger partial charge in [0, 0.05) is 23.8 Å². The smallest absolute Gasteiger partial charge is 0.227 e. The molecule has 1 atom stereocenters. The van der Waals surface area contributed by atoms with Crippen molar-refractivity contribution in [1.29, 1.82) is 0 Å². The number of benzene rings is 1. The van der Waals surface area contributed by atoms with E-state index in [-0.39, 0.29) is 11.4 Å². The molecule has 1 heterocycles. The molecule has 1 aromatic rings. The summed E-state index contributed by atoms with van der Waals surface area (Å²) < 4.78 is 0. The Kier molecular flexibility index (Phi) is 4.19. The molecule has 1 saturated heterocycles. The predicted molar refractivity (Wildman–Crippen MR) is 84.1 cm³/mol. The zero-order chi connectivity index (χ0) is 14.0. The first-order valence-electron chi connectivity index (χ1n) is 6.64. The zero-order valence-electron chi connectivity index (χ0n) is 11.7. The van der Waals surface area contributed by atoms with Gasteiger partial charge in [-0.25, -0.2) is 0 Å². The monoisotopic (exact) mass is 324 g/mol. The van der Waals surface area contributed by atoms with Gasteiger partial charge in [0.05, 0.1) is 11.4 Å². The van der Waals surface area contributed by atoms with E-state index in [1.54, 1.807) is 0 Å². The Labute approximate surface area is 123 Å². The van der Waals surface area contributed by atoms with Crippen molar-refractivity contribution in [1.82, 2.24) is 0 Å². The molecule has 1 fully saturated rings. The number of amides is 1. The van der Waals surface area contributed by atoms with Crippen LogP contribution in [0.3, 0.4) is 0 Å². The molecular formula is C15H21BrN2O.